The number of carbonyl (C=O) groups is 3. The Hall–Kier alpha value is -4.19. The van der Waals surface area contributed by atoms with E-state index in [0.717, 1.165) is 128 Å². The molecule has 0 rings (SSSR count). The second kappa shape index (κ2) is 54.4. The quantitative estimate of drug-likeness (QED) is 0.0262. The number of rotatable bonds is 47. The molecule has 0 unspecified atom stereocenters. The average molecular weight is 927 g/mol. The highest BCUT2D eigenvalue weighted by atomic mass is 16.6. The van der Waals surface area contributed by atoms with Crippen LogP contribution in [0.5, 0.6) is 0 Å². The Labute approximate surface area is 412 Å². The zero-order chi connectivity index (χ0) is 48.6. The summed E-state index contributed by atoms with van der Waals surface area (Å²) in [6, 6.07) is 0. The van der Waals surface area contributed by atoms with Crippen LogP contribution in [0.3, 0.4) is 0 Å². The molecule has 0 aromatic carbocycles. The van der Waals surface area contributed by atoms with Gasteiger partial charge in [-0.1, -0.05) is 206 Å². The van der Waals surface area contributed by atoms with Crippen molar-refractivity contribution in [2.75, 3.05) is 13.2 Å². The van der Waals surface area contributed by atoms with Crippen LogP contribution >= 0.6 is 0 Å². The van der Waals surface area contributed by atoms with Crippen LogP contribution in [0.1, 0.15) is 226 Å². The first-order chi connectivity index (χ1) is 33.0. The Kier molecular flexibility index (Phi) is 51.0. The molecule has 378 valence electrons. The lowest BCUT2D eigenvalue weighted by Gasteiger charge is -2.18. The van der Waals surface area contributed by atoms with E-state index < -0.39 is 6.10 Å². The second-order valence-corrected chi connectivity index (χ2v) is 17.4. The Morgan fingerprint density at radius 2 is 0.597 bits per heavy atom. The summed E-state index contributed by atoms with van der Waals surface area (Å²) in [5, 5.41) is 0. The number of ether oxygens (including phenoxy) is 3. The molecule has 6 heteroatoms. The van der Waals surface area contributed by atoms with Crippen LogP contribution in [0.4, 0.5) is 0 Å². The fourth-order valence-corrected chi connectivity index (χ4v) is 6.93. The van der Waals surface area contributed by atoms with Crippen LogP contribution in [0.25, 0.3) is 0 Å². The van der Waals surface area contributed by atoms with Gasteiger partial charge in [0.15, 0.2) is 6.10 Å². The normalized spacial score (nSPS) is 13.1. The number of allylic oxidation sites excluding steroid dienone is 20. The first kappa shape index (κ1) is 62.8. The van der Waals surface area contributed by atoms with Crippen LogP contribution in [0.15, 0.2) is 122 Å². The summed E-state index contributed by atoms with van der Waals surface area (Å²) in [5.74, 6) is -1.01. The van der Waals surface area contributed by atoms with Crippen LogP contribution in [0.2, 0.25) is 0 Å². The third kappa shape index (κ3) is 52.6. The molecule has 0 N–H and O–H groups in total. The van der Waals surface area contributed by atoms with Gasteiger partial charge in [-0.2, -0.15) is 0 Å². The molecule has 0 amide bonds. The summed E-state index contributed by atoms with van der Waals surface area (Å²) in [4.78, 5) is 38.1. The molecule has 0 heterocycles. The van der Waals surface area contributed by atoms with Gasteiger partial charge in [0.2, 0.25) is 0 Å². The maximum atomic E-state index is 12.8. The summed E-state index contributed by atoms with van der Waals surface area (Å²) < 4.78 is 16.8. The van der Waals surface area contributed by atoms with Crippen molar-refractivity contribution in [3.8, 4) is 0 Å². The second-order valence-electron chi connectivity index (χ2n) is 17.4. The van der Waals surface area contributed by atoms with Gasteiger partial charge in [0.1, 0.15) is 13.2 Å². The Balaban J connectivity index is 4.56. The maximum absolute atomic E-state index is 12.8. The number of hydrogen-bond donors (Lipinski definition) is 0. The van der Waals surface area contributed by atoms with Crippen molar-refractivity contribution in [2.24, 2.45) is 0 Å². The molecule has 0 aromatic rings. The van der Waals surface area contributed by atoms with Crippen molar-refractivity contribution < 1.29 is 28.6 Å². The highest BCUT2D eigenvalue weighted by molar-refractivity contribution is 5.71. The van der Waals surface area contributed by atoms with E-state index in [1.54, 1.807) is 0 Å². The van der Waals surface area contributed by atoms with E-state index in [1.165, 1.54) is 51.4 Å². The van der Waals surface area contributed by atoms with Gasteiger partial charge in [-0.05, 0) is 122 Å². The minimum absolute atomic E-state index is 0.116. The predicted molar refractivity (Wildman–Crippen MR) is 288 cm³/mol. The number of esters is 3. The summed E-state index contributed by atoms with van der Waals surface area (Å²) in [6.45, 7) is 6.32. The monoisotopic (exact) mass is 927 g/mol. The summed E-state index contributed by atoms with van der Waals surface area (Å²) in [7, 11) is 0. The van der Waals surface area contributed by atoms with Crippen molar-refractivity contribution in [1.82, 2.24) is 0 Å². The van der Waals surface area contributed by atoms with Crippen LogP contribution in [-0.2, 0) is 28.6 Å². The molecule has 0 radical (unpaired) electrons. The minimum atomic E-state index is -0.825. The van der Waals surface area contributed by atoms with Gasteiger partial charge >= 0.3 is 17.9 Å². The van der Waals surface area contributed by atoms with Gasteiger partial charge in [-0.3, -0.25) is 14.4 Å². The zero-order valence-corrected chi connectivity index (χ0v) is 43.1. The molecule has 0 aliphatic heterocycles. The predicted octanol–water partition coefficient (Wildman–Crippen LogP) is 18.1. The van der Waals surface area contributed by atoms with Crippen LogP contribution in [0, 0.1) is 0 Å². The molecule has 0 spiro atoms. The summed E-state index contributed by atoms with van der Waals surface area (Å²) in [5.41, 5.74) is 0. The van der Waals surface area contributed by atoms with Gasteiger partial charge < -0.3 is 14.2 Å². The molecule has 6 nitrogen and oxygen atoms in total. The molecular formula is C61H98O6. The molecule has 67 heavy (non-hydrogen) atoms. The van der Waals surface area contributed by atoms with E-state index in [2.05, 4.69) is 142 Å². The summed E-state index contributed by atoms with van der Waals surface area (Å²) in [6.07, 6.45) is 74.7. The molecule has 0 aliphatic carbocycles. The van der Waals surface area contributed by atoms with Gasteiger partial charge in [0.05, 0.1) is 0 Å². The van der Waals surface area contributed by atoms with Crippen LogP contribution < -0.4 is 0 Å². The molecule has 0 aromatic heterocycles. The zero-order valence-electron chi connectivity index (χ0n) is 43.1. The molecule has 0 aliphatic rings. The van der Waals surface area contributed by atoms with E-state index in [-0.39, 0.29) is 37.5 Å². The number of unbranched alkanes of at least 4 members (excludes halogenated alkanes) is 16. The molecular weight excluding hydrogens is 829 g/mol. The van der Waals surface area contributed by atoms with Gasteiger partial charge in [-0.25, -0.2) is 0 Å². The first-order valence-electron chi connectivity index (χ1n) is 27.0. The fraction of sp³-hybridized carbons (Fsp3) is 0.623. The SMILES string of the molecule is CC/C=C\C/C=C\C/C=C\C/C=C\C/C=C\CCCC(=O)O[C@H](COC(=O)CCCCCC/C=C\C/C=C\C/C=C\C/C=C\CC)COC(=O)CCCCCCC/C=C\CCCCCCCC. The lowest BCUT2D eigenvalue weighted by Crippen LogP contribution is -2.30. The Morgan fingerprint density at radius 1 is 0.313 bits per heavy atom. The van der Waals surface area contributed by atoms with Crippen molar-refractivity contribution in [3.63, 3.8) is 0 Å². The van der Waals surface area contributed by atoms with E-state index in [9.17, 15) is 14.4 Å². The van der Waals surface area contributed by atoms with E-state index in [4.69, 9.17) is 14.2 Å². The fourth-order valence-electron chi connectivity index (χ4n) is 6.93. The minimum Gasteiger partial charge on any atom is -0.462 e. The third-order valence-corrected chi connectivity index (χ3v) is 10.9. The van der Waals surface area contributed by atoms with E-state index >= 15 is 0 Å². The van der Waals surface area contributed by atoms with Gasteiger partial charge in [-0.15, -0.1) is 0 Å². The molecule has 0 fully saturated rings. The van der Waals surface area contributed by atoms with Crippen molar-refractivity contribution >= 4 is 17.9 Å². The number of carbonyl (C=O) groups excluding carboxylic acids is 3. The number of hydrogen-bond acceptors (Lipinski definition) is 6. The smallest absolute Gasteiger partial charge is 0.306 e. The summed E-state index contributed by atoms with van der Waals surface area (Å²) >= 11 is 0. The highest BCUT2D eigenvalue weighted by Crippen LogP contribution is 2.12. The molecule has 0 saturated heterocycles. The van der Waals surface area contributed by atoms with E-state index in [0.29, 0.717) is 19.3 Å². The van der Waals surface area contributed by atoms with Crippen LogP contribution in [-0.4, -0.2) is 37.2 Å². The van der Waals surface area contributed by atoms with Crippen molar-refractivity contribution in [3.05, 3.63) is 122 Å². The van der Waals surface area contributed by atoms with Gasteiger partial charge in [0, 0.05) is 19.3 Å². The lowest BCUT2D eigenvalue weighted by atomic mass is 10.1. The highest BCUT2D eigenvalue weighted by Gasteiger charge is 2.19. The van der Waals surface area contributed by atoms with Crippen molar-refractivity contribution in [2.45, 2.75) is 232 Å². The van der Waals surface area contributed by atoms with E-state index in [1.807, 2.05) is 0 Å². The van der Waals surface area contributed by atoms with Crippen molar-refractivity contribution in [1.29, 1.82) is 0 Å². The largest absolute Gasteiger partial charge is 0.462 e. The lowest BCUT2D eigenvalue weighted by molar-refractivity contribution is -0.167. The average Bonchev–Trinajstić information content (AvgIpc) is 3.33. The third-order valence-electron chi connectivity index (χ3n) is 10.9. The topological polar surface area (TPSA) is 78.9 Å². The first-order valence-corrected chi connectivity index (χ1v) is 27.0. The molecule has 0 saturated carbocycles. The molecule has 1 atom stereocenters. The maximum Gasteiger partial charge on any atom is 0.306 e. The Morgan fingerprint density at radius 3 is 0.970 bits per heavy atom. The Bertz CT molecular complexity index is 1440. The van der Waals surface area contributed by atoms with Gasteiger partial charge in [0.25, 0.3) is 0 Å². The standard InChI is InChI=1S/C61H98O6/c1-4-7-10-13-16-19-22-25-28-30-33-36-39-42-45-48-51-54-60(63)66-57-58(56-65-59(62)53-50-47-44-41-38-35-32-27-24-21-18-15-12-9-6-3)67-61(64)55-52-49-46-43-40-37-34-31-29-26-23-20-17-14-11-8-5-2/h7-8,10-11,16-17,19-20,25-29,32-34,36-37,43,46,58H,4-6,9,12-15,18,21-24,30-31,35,38-42,44-45,47-57H2,1-3H3/b10-7-,11-8-,19-16-,20-17-,28-25-,29-26-,32-27-,36-33-,37-34-,46-43-/t58-/m0/s1. The molecule has 0 bridgehead atoms.